The highest BCUT2D eigenvalue weighted by Gasteiger charge is 2.39. The van der Waals surface area contributed by atoms with E-state index in [4.69, 9.17) is 18.9 Å². The molecule has 1 fully saturated rings. The van der Waals surface area contributed by atoms with E-state index in [1.807, 2.05) is 66.7 Å². The first kappa shape index (κ1) is 18.8. The summed E-state index contributed by atoms with van der Waals surface area (Å²) in [6.45, 7) is 2.20. The van der Waals surface area contributed by atoms with Gasteiger partial charge in [-0.15, -0.1) is 0 Å². The van der Waals surface area contributed by atoms with E-state index < -0.39 is 12.6 Å². The topological polar surface area (TPSA) is 66.0 Å². The molecule has 2 heterocycles. The maximum atomic E-state index is 11.6. The van der Waals surface area contributed by atoms with Crippen LogP contribution in [-0.2, 0) is 30.3 Å². The van der Waals surface area contributed by atoms with Gasteiger partial charge >= 0.3 is 0 Å². The van der Waals surface area contributed by atoms with Gasteiger partial charge < -0.3 is 24.3 Å². The van der Waals surface area contributed by atoms with E-state index in [0.29, 0.717) is 18.9 Å². The van der Waals surface area contributed by atoms with Crippen molar-refractivity contribution < 1.29 is 23.7 Å². The van der Waals surface area contributed by atoms with Gasteiger partial charge in [0.15, 0.2) is 12.6 Å². The van der Waals surface area contributed by atoms with Crippen LogP contribution in [0.1, 0.15) is 24.3 Å². The molecule has 0 spiro atoms. The summed E-state index contributed by atoms with van der Waals surface area (Å²) in [5.74, 6) is -0.187. The summed E-state index contributed by atoms with van der Waals surface area (Å²) in [5, 5.41) is 2.81. The van der Waals surface area contributed by atoms with Crippen molar-refractivity contribution in [2.24, 2.45) is 0 Å². The van der Waals surface area contributed by atoms with Crippen LogP contribution in [0.3, 0.4) is 0 Å². The van der Waals surface area contributed by atoms with E-state index in [9.17, 15) is 4.79 Å². The number of carbonyl (C=O) groups is 1. The fraction of sp³-hybridized carbons (Fsp3) is 0.318. The van der Waals surface area contributed by atoms with E-state index in [1.54, 1.807) is 0 Å². The summed E-state index contributed by atoms with van der Waals surface area (Å²) in [5.41, 5.74) is 2.52. The average molecular weight is 381 g/mol. The number of benzene rings is 2. The Balaban J connectivity index is 1.48. The lowest BCUT2D eigenvalue weighted by Gasteiger charge is -2.40. The van der Waals surface area contributed by atoms with Gasteiger partial charge in [0.25, 0.3) is 0 Å². The first-order chi connectivity index (χ1) is 13.7. The van der Waals surface area contributed by atoms with Crippen molar-refractivity contribution >= 4 is 5.91 Å². The molecule has 4 rings (SSSR count). The van der Waals surface area contributed by atoms with Gasteiger partial charge in [-0.2, -0.15) is 0 Å². The van der Waals surface area contributed by atoms with Gasteiger partial charge in [0.2, 0.25) is 5.91 Å². The zero-order chi connectivity index (χ0) is 19.3. The lowest BCUT2D eigenvalue weighted by atomic mass is 10.1. The minimum absolute atomic E-state index is 0.187. The zero-order valence-corrected chi connectivity index (χ0v) is 15.6. The molecule has 2 aliphatic rings. The van der Waals surface area contributed by atoms with Crippen LogP contribution >= 0.6 is 0 Å². The van der Waals surface area contributed by atoms with Crippen molar-refractivity contribution in [2.75, 3.05) is 6.61 Å². The minimum atomic E-state index is -0.689. The fourth-order valence-corrected chi connectivity index (χ4v) is 3.26. The summed E-state index contributed by atoms with van der Waals surface area (Å²) in [7, 11) is 0. The standard InChI is InChI=1S/C22H23NO5/c1-15(24)23-18-12-19-20(14-26-21(27-19)17-10-6-3-7-11-17)28-22(18)25-13-16-8-4-2-5-9-16/h2-12,19-22H,13-14H2,1H3,(H,23,24)/t19-,20+,21-,22-/m0/s1. The van der Waals surface area contributed by atoms with Crippen LogP contribution in [0.2, 0.25) is 0 Å². The van der Waals surface area contributed by atoms with Crippen molar-refractivity contribution in [3.8, 4) is 0 Å². The monoisotopic (exact) mass is 381 g/mol. The molecule has 6 heteroatoms. The Labute approximate surface area is 164 Å². The van der Waals surface area contributed by atoms with E-state index in [1.165, 1.54) is 6.92 Å². The lowest BCUT2D eigenvalue weighted by molar-refractivity contribution is -0.288. The molecule has 0 aromatic heterocycles. The van der Waals surface area contributed by atoms with E-state index in [2.05, 4.69) is 5.32 Å². The molecule has 0 unspecified atom stereocenters. The number of hydrogen-bond acceptors (Lipinski definition) is 5. The first-order valence-corrected chi connectivity index (χ1v) is 9.31. The molecule has 1 amide bonds. The molecular formula is C22H23NO5. The fourth-order valence-electron chi connectivity index (χ4n) is 3.26. The molecule has 28 heavy (non-hydrogen) atoms. The Morgan fingerprint density at radius 1 is 1.07 bits per heavy atom. The lowest BCUT2D eigenvalue weighted by Crippen LogP contribution is -2.49. The Bertz CT molecular complexity index is 823. The maximum absolute atomic E-state index is 11.6. The van der Waals surface area contributed by atoms with Crippen LogP contribution in [-0.4, -0.2) is 31.0 Å². The van der Waals surface area contributed by atoms with Crippen molar-refractivity contribution in [2.45, 2.75) is 38.3 Å². The highest BCUT2D eigenvalue weighted by Crippen LogP contribution is 2.32. The number of nitrogens with one attached hydrogen (secondary N) is 1. The van der Waals surface area contributed by atoms with Crippen molar-refractivity contribution in [1.82, 2.24) is 5.32 Å². The van der Waals surface area contributed by atoms with Gasteiger partial charge in [0.1, 0.15) is 12.2 Å². The Kier molecular flexibility index (Phi) is 5.83. The van der Waals surface area contributed by atoms with E-state index >= 15 is 0 Å². The van der Waals surface area contributed by atoms with Gasteiger partial charge in [-0.25, -0.2) is 0 Å². The summed E-state index contributed by atoms with van der Waals surface area (Å²) >= 11 is 0. The second-order valence-corrected chi connectivity index (χ2v) is 6.78. The van der Waals surface area contributed by atoms with Crippen molar-refractivity contribution in [1.29, 1.82) is 0 Å². The molecule has 2 aromatic rings. The van der Waals surface area contributed by atoms with Crippen LogP contribution < -0.4 is 5.32 Å². The number of fused-ring (bicyclic) bond motifs is 1. The molecule has 0 radical (unpaired) electrons. The highest BCUT2D eigenvalue weighted by molar-refractivity contribution is 5.75. The van der Waals surface area contributed by atoms with Crippen LogP contribution in [0, 0.1) is 0 Å². The SMILES string of the molecule is CC(=O)NC1=C[C@@H]2O[C@@H](c3ccccc3)OC[C@H]2O[C@@H]1OCc1ccccc1. The van der Waals surface area contributed by atoms with Crippen LogP contribution in [0.4, 0.5) is 0 Å². The van der Waals surface area contributed by atoms with Crippen LogP contribution in [0.15, 0.2) is 72.4 Å². The van der Waals surface area contributed by atoms with Gasteiger partial charge in [-0.05, 0) is 11.6 Å². The maximum Gasteiger partial charge on any atom is 0.221 e. The summed E-state index contributed by atoms with van der Waals surface area (Å²) < 4.78 is 23.9. The second-order valence-electron chi connectivity index (χ2n) is 6.78. The Morgan fingerprint density at radius 2 is 1.79 bits per heavy atom. The molecule has 1 saturated heterocycles. The summed E-state index contributed by atoms with van der Waals surface area (Å²) in [6, 6.07) is 19.6. The number of hydrogen-bond donors (Lipinski definition) is 1. The smallest absolute Gasteiger partial charge is 0.221 e. The van der Waals surface area contributed by atoms with Crippen molar-refractivity contribution in [3.05, 3.63) is 83.6 Å². The molecule has 0 bridgehead atoms. The molecule has 2 aliphatic heterocycles. The summed E-state index contributed by atoms with van der Waals surface area (Å²) in [4.78, 5) is 11.6. The quantitative estimate of drug-likeness (QED) is 0.862. The van der Waals surface area contributed by atoms with Gasteiger partial charge in [0, 0.05) is 12.5 Å². The zero-order valence-electron chi connectivity index (χ0n) is 15.6. The predicted octanol–water partition coefficient (Wildman–Crippen LogP) is 3.06. The Morgan fingerprint density at radius 3 is 2.50 bits per heavy atom. The molecule has 2 aromatic carbocycles. The second kappa shape index (κ2) is 8.67. The van der Waals surface area contributed by atoms with Crippen molar-refractivity contribution in [3.63, 3.8) is 0 Å². The van der Waals surface area contributed by atoms with Gasteiger partial charge in [0.05, 0.1) is 18.9 Å². The first-order valence-electron chi connectivity index (χ1n) is 9.31. The molecular weight excluding hydrogens is 358 g/mol. The molecule has 0 aliphatic carbocycles. The predicted molar refractivity (Wildman–Crippen MR) is 102 cm³/mol. The number of rotatable bonds is 5. The minimum Gasteiger partial charge on any atom is -0.346 e. The molecule has 4 atom stereocenters. The van der Waals surface area contributed by atoms with Crippen LogP contribution in [0.25, 0.3) is 0 Å². The normalized spacial score (nSPS) is 26.8. The molecule has 0 saturated carbocycles. The molecule has 6 nitrogen and oxygen atoms in total. The van der Waals surface area contributed by atoms with Gasteiger partial charge in [-0.3, -0.25) is 4.79 Å². The number of amides is 1. The molecule has 1 N–H and O–H groups in total. The summed E-state index contributed by atoms with van der Waals surface area (Å²) in [6.07, 6.45) is 0.0630. The van der Waals surface area contributed by atoms with Crippen LogP contribution in [0.5, 0.6) is 0 Å². The number of carbonyl (C=O) groups excluding carboxylic acids is 1. The van der Waals surface area contributed by atoms with Gasteiger partial charge in [-0.1, -0.05) is 60.7 Å². The average Bonchev–Trinajstić information content (AvgIpc) is 2.73. The molecule has 146 valence electrons. The van der Waals surface area contributed by atoms with E-state index in [0.717, 1.165) is 11.1 Å². The third-order valence-corrected chi connectivity index (χ3v) is 4.59. The third kappa shape index (κ3) is 4.48. The Hall–Kier alpha value is -2.51. The number of ether oxygens (including phenoxy) is 4. The largest absolute Gasteiger partial charge is 0.346 e. The third-order valence-electron chi connectivity index (χ3n) is 4.59. The van der Waals surface area contributed by atoms with E-state index in [-0.39, 0.29) is 18.1 Å². The highest BCUT2D eigenvalue weighted by atomic mass is 16.7.